The molecule has 1 heterocycles. The SMILES string of the molecule is CC(C)[C@H](NC(=O)c1ccccc1)C(=O)OCN1C(=O)c2ccccc2C1=O. The number of nitrogens with one attached hydrogen (secondary N) is 1. The number of hydrogen-bond acceptors (Lipinski definition) is 5. The fourth-order valence-electron chi connectivity index (χ4n) is 2.89. The number of hydrogen-bond donors (Lipinski definition) is 1. The van der Waals surface area contributed by atoms with E-state index in [0.29, 0.717) is 5.56 Å². The number of nitrogens with zero attached hydrogens (tertiary/aromatic N) is 1. The van der Waals surface area contributed by atoms with Gasteiger partial charge in [-0.05, 0) is 30.2 Å². The molecule has 28 heavy (non-hydrogen) atoms. The second kappa shape index (κ2) is 8.04. The number of carbonyl (C=O) groups excluding carboxylic acids is 4. The van der Waals surface area contributed by atoms with E-state index in [1.165, 1.54) is 0 Å². The normalized spacial score (nSPS) is 14.0. The second-order valence-electron chi connectivity index (χ2n) is 6.74. The van der Waals surface area contributed by atoms with Gasteiger partial charge in [0.25, 0.3) is 17.7 Å². The molecule has 3 rings (SSSR count). The van der Waals surface area contributed by atoms with E-state index in [0.717, 1.165) is 4.90 Å². The fraction of sp³-hybridized carbons (Fsp3) is 0.238. The van der Waals surface area contributed by atoms with Crippen molar-refractivity contribution in [1.29, 1.82) is 0 Å². The molecule has 2 aromatic carbocycles. The van der Waals surface area contributed by atoms with Crippen LogP contribution in [0.2, 0.25) is 0 Å². The Hall–Kier alpha value is -3.48. The number of benzene rings is 2. The first kappa shape index (κ1) is 19.3. The number of imide groups is 1. The van der Waals surface area contributed by atoms with Crippen LogP contribution in [-0.4, -0.2) is 41.4 Å². The van der Waals surface area contributed by atoms with Crippen LogP contribution in [0.3, 0.4) is 0 Å². The van der Waals surface area contributed by atoms with Gasteiger partial charge in [0.05, 0.1) is 11.1 Å². The van der Waals surface area contributed by atoms with Crippen LogP contribution in [0.15, 0.2) is 54.6 Å². The molecule has 7 nitrogen and oxygen atoms in total. The molecule has 0 bridgehead atoms. The monoisotopic (exact) mass is 380 g/mol. The maximum atomic E-state index is 12.5. The number of fused-ring (bicyclic) bond motifs is 1. The van der Waals surface area contributed by atoms with Gasteiger partial charge in [0.15, 0.2) is 6.73 Å². The number of esters is 1. The number of rotatable bonds is 6. The van der Waals surface area contributed by atoms with Crippen LogP contribution in [0.5, 0.6) is 0 Å². The van der Waals surface area contributed by atoms with Gasteiger partial charge in [-0.15, -0.1) is 0 Å². The summed E-state index contributed by atoms with van der Waals surface area (Å²) >= 11 is 0. The number of carbonyl (C=O) groups is 4. The predicted octanol–water partition coefficient (Wildman–Crippen LogP) is 2.24. The minimum Gasteiger partial charge on any atom is -0.442 e. The van der Waals surface area contributed by atoms with Crippen molar-refractivity contribution in [3.8, 4) is 0 Å². The number of amides is 3. The molecule has 0 saturated heterocycles. The summed E-state index contributed by atoms with van der Waals surface area (Å²) in [5.74, 6) is -2.39. The Morgan fingerprint density at radius 1 is 0.929 bits per heavy atom. The van der Waals surface area contributed by atoms with Crippen LogP contribution in [-0.2, 0) is 9.53 Å². The summed E-state index contributed by atoms with van der Waals surface area (Å²) in [5.41, 5.74) is 0.976. The minimum absolute atomic E-state index is 0.248. The van der Waals surface area contributed by atoms with Crippen molar-refractivity contribution in [2.75, 3.05) is 6.73 Å². The van der Waals surface area contributed by atoms with Gasteiger partial charge >= 0.3 is 5.97 Å². The highest BCUT2D eigenvalue weighted by molar-refractivity contribution is 6.21. The van der Waals surface area contributed by atoms with Crippen molar-refractivity contribution in [2.24, 2.45) is 5.92 Å². The standard InChI is InChI=1S/C21H20N2O5/c1-13(2)17(22-18(24)14-8-4-3-5-9-14)21(27)28-12-23-19(25)15-10-6-7-11-16(15)20(23)26/h3-11,13,17H,12H2,1-2H3,(H,22,24)/t17-/m0/s1. The lowest BCUT2D eigenvalue weighted by Crippen LogP contribution is -2.46. The van der Waals surface area contributed by atoms with Gasteiger partial charge in [-0.1, -0.05) is 44.2 Å². The van der Waals surface area contributed by atoms with Crippen molar-refractivity contribution in [1.82, 2.24) is 10.2 Å². The first-order valence-electron chi connectivity index (χ1n) is 8.88. The van der Waals surface area contributed by atoms with E-state index < -0.39 is 36.5 Å². The first-order valence-corrected chi connectivity index (χ1v) is 8.88. The molecule has 7 heteroatoms. The quantitative estimate of drug-likeness (QED) is 0.613. The zero-order valence-electron chi connectivity index (χ0n) is 15.5. The van der Waals surface area contributed by atoms with E-state index in [1.807, 2.05) is 0 Å². The lowest BCUT2D eigenvalue weighted by molar-refractivity contribution is -0.149. The molecular weight excluding hydrogens is 360 g/mol. The van der Waals surface area contributed by atoms with E-state index in [1.54, 1.807) is 68.4 Å². The number of ether oxygens (including phenoxy) is 1. The highest BCUT2D eigenvalue weighted by Gasteiger charge is 2.36. The average molecular weight is 380 g/mol. The largest absolute Gasteiger partial charge is 0.442 e. The maximum Gasteiger partial charge on any atom is 0.330 e. The Balaban J connectivity index is 1.65. The molecule has 1 aliphatic rings. The zero-order valence-corrected chi connectivity index (χ0v) is 15.5. The first-order chi connectivity index (χ1) is 13.4. The molecule has 0 aromatic heterocycles. The second-order valence-corrected chi connectivity index (χ2v) is 6.74. The van der Waals surface area contributed by atoms with Crippen LogP contribution in [0, 0.1) is 5.92 Å². The van der Waals surface area contributed by atoms with Gasteiger partial charge in [-0.25, -0.2) is 9.69 Å². The van der Waals surface area contributed by atoms with Crippen molar-refractivity contribution in [3.63, 3.8) is 0 Å². The third-order valence-corrected chi connectivity index (χ3v) is 4.46. The maximum absolute atomic E-state index is 12.5. The smallest absolute Gasteiger partial charge is 0.330 e. The summed E-state index contributed by atoms with van der Waals surface area (Å²) in [5, 5.41) is 2.65. The topological polar surface area (TPSA) is 92.8 Å². The lowest BCUT2D eigenvalue weighted by atomic mass is 10.0. The molecule has 0 saturated carbocycles. The van der Waals surface area contributed by atoms with Crippen LogP contribution in [0.4, 0.5) is 0 Å². The van der Waals surface area contributed by atoms with Crippen molar-refractivity contribution < 1.29 is 23.9 Å². The van der Waals surface area contributed by atoms with E-state index in [9.17, 15) is 19.2 Å². The average Bonchev–Trinajstić information content (AvgIpc) is 2.95. The van der Waals surface area contributed by atoms with Crippen LogP contribution < -0.4 is 5.32 Å². The van der Waals surface area contributed by atoms with Crippen LogP contribution in [0.25, 0.3) is 0 Å². The summed E-state index contributed by atoms with van der Waals surface area (Å²) < 4.78 is 5.19. The van der Waals surface area contributed by atoms with Gasteiger partial charge in [0.1, 0.15) is 6.04 Å². The predicted molar refractivity (Wildman–Crippen MR) is 100 cm³/mol. The summed E-state index contributed by atoms with van der Waals surface area (Å²) in [6, 6.07) is 14.0. The molecule has 1 aliphatic heterocycles. The Morgan fingerprint density at radius 3 is 2.00 bits per heavy atom. The van der Waals surface area contributed by atoms with Gasteiger partial charge in [0, 0.05) is 5.56 Å². The summed E-state index contributed by atoms with van der Waals surface area (Å²) in [6.45, 7) is 3.02. The Bertz CT molecular complexity index is 888. The minimum atomic E-state index is -0.914. The van der Waals surface area contributed by atoms with E-state index in [-0.39, 0.29) is 17.0 Å². The molecule has 1 N–H and O–H groups in total. The Labute approximate surface area is 162 Å². The van der Waals surface area contributed by atoms with Gasteiger partial charge in [-0.3, -0.25) is 14.4 Å². The lowest BCUT2D eigenvalue weighted by Gasteiger charge is -2.22. The molecule has 1 atom stereocenters. The molecule has 2 aromatic rings. The Morgan fingerprint density at radius 2 is 1.46 bits per heavy atom. The summed E-state index contributed by atoms with van der Waals surface area (Å²) in [7, 11) is 0. The summed E-state index contributed by atoms with van der Waals surface area (Å²) in [4.78, 5) is 50.4. The third kappa shape index (κ3) is 3.78. The molecular formula is C21H20N2O5. The van der Waals surface area contributed by atoms with Gasteiger partial charge < -0.3 is 10.1 Å². The zero-order chi connectivity index (χ0) is 20.3. The highest BCUT2D eigenvalue weighted by atomic mass is 16.5. The summed E-state index contributed by atoms with van der Waals surface area (Å²) in [6.07, 6.45) is 0. The van der Waals surface area contributed by atoms with Crippen molar-refractivity contribution in [3.05, 3.63) is 71.3 Å². The third-order valence-electron chi connectivity index (χ3n) is 4.46. The van der Waals surface area contributed by atoms with Crippen molar-refractivity contribution in [2.45, 2.75) is 19.9 Å². The van der Waals surface area contributed by atoms with E-state index in [4.69, 9.17) is 4.74 Å². The highest BCUT2D eigenvalue weighted by Crippen LogP contribution is 2.22. The molecule has 0 spiro atoms. The van der Waals surface area contributed by atoms with Crippen molar-refractivity contribution >= 4 is 23.7 Å². The van der Waals surface area contributed by atoms with E-state index in [2.05, 4.69) is 5.32 Å². The molecule has 144 valence electrons. The van der Waals surface area contributed by atoms with Crippen LogP contribution >= 0.6 is 0 Å². The fourth-order valence-corrected chi connectivity index (χ4v) is 2.89. The molecule has 0 unspecified atom stereocenters. The van der Waals surface area contributed by atoms with Gasteiger partial charge in [0.2, 0.25) is 0 Å². The molecule has 0 aliphatic carbocycles. The molecule has 0 radical (unpaired) electrons. The Kier molecular flexibility index (Phi) is 5.54. The van der Waals surface area contributed by atoms with Gasteiger partial charge in [-0.2, -0.15) is 0 Å². The molecule has 0 fully saturated rings. The van der Waals surface area contributed by atoms with E-state index >= 15 is 0 Å². The molecule has 3 amide bonds. The van der Waals surface area contributed by atoms with Crippen LogP contribution in [0.1, 0.15) is 44.9 Å².